The molecule has 96 valence electrons. The number of oxazole rings is 1. The van der Waals surface area contributed by atoms with Crippen LogP contribution in [0.15, 0.2) is 22.6 Å². The third kappa shape index (κ3) is 2.24. The number of rotatable bonds is 4. The molecule has 0 atom stereocenters. The summed E-state index contributed by atoms with van der Waals surface area (Å²) in [6.45, 7) is 3.26. The van der Waals surface area contributed by atoms with E-state index in [0.717, 1.165) is 11.1 Å². The van der Waals surface area contributed by atoms with Crippen molar-refractivity contribution in [3.8, 4) is 0 Å². The smallest absolute Gasteiger partial charge is 0.279 e. The molecule has 6 nitrogen and oxygen atoms in total. The lowest BCUT2D eigenvalue weighted by Gasteiger charge is -2.06. The summed E-state index contributed by atoms with van der Waals surface area (Å²) >= 11 is 0. The minimum atomic E-state index is -3.29. The Kier molecular flexibility index (Phi) is 2.61. The zero-order valence-corrected chi connectivity index (χ0v) is 10.7. The molecule has 0 aliphatic carbocycles. The molecule has 0 bridgehead atoms. The van der Waals surface area contributed by atoms with E-state index in [9.17, 15) is 8.42 Å². The van der Waals surface area contributed by atoms with Gasteiger partial charge in [-0.15, -0.1) is 0 Å². The largest absolute Gasteiger partial charge is 0.441 e. The van der Waals surface area contributed by atoms with E-state index in [2.05, 4.69) is 9.71 Å². The van der Waals surface area contributed by atoms with Crippen LogP contribution in [0.4, 0.5) is 0 Å². The lowest BCUT2D eigenvalue weighted by atomic mass is 10.2. The van der Waals surface area contributed by atoms with Gasteiger partial charge in [0.2, 0.25) is 0 Å². The molecule has 1 aromatic carbocycles. The van der Waals surface area contributed by atoms with Gasteiger partial charge in [0, 0.05) is 26.6 Å². The molecule has 18 heavy (non-hydrogen) atoms. The second kappa shape index (κ2) is 4.04. The van der Waals surface area contributed by atoms with Gasteiger partial charge in [-0.05, 0) is 17.7 Å². The number of nitrogens with one attached hydrogen (secondary N) is 1. The van der Waals surface area contributed by atoms with Crippen molar-refractivity contribution >= 4 is 21.3 Å². The maximum absolute atomic E-state index is 11.6. The number of nitrogens with zero attached hydrogens (tertiary/aromatic N) is 2. The van der Waals surface area contributed by atoms with Crippen LogP contribution < -0.4 is 4.72 Å². The van der Waals surface area contributed by atoms with Gasteiger partial charge in [0.05, 0.1) is 0 Å². The monoisotopic (exact) mass is 267 g/mol. The summed E-state index contributed by atoms with van der Waals surface area (Å²) in [4.78, 5) is 4.21. The van der Waals surface area contributed by atoms with E-state index < -0.39 is 10.2 Å². The van der Waals surface area contributed by atoms with Gasteiger partial charge >= 0.3 is 0 Å². The van der Waals surface area contributed by atoms with Gasteiger partial charge in [0.15, 0.2) is 11.5 Å². The van der Waals surface area contributed by atoms with E-state index in [0.29, 0.717) is 24.6 Å². The van der Waals surface area contributed by atoms with Crippen molar-refractivity contribution in [3.05, 3.63) is 29.7 Å². The SMILES string of the molecule is Cc1nc2cc(CNS(=O)(=O)N3CC3)ccc2o1. The van der Waals surface area contributed by atoms with Gasteiger partial charge < -0.3 is 4.42 Å². The van der Waals surface area contributed by atoms with Gasteiger partial charge in [-0.2, -0.15) is 17.4 Å². The van der Waals surface area contributed by atoms with Crippen LogP contribution in [0.2, 0.25) is 0 Å². The number of aromatic nitrogens is 1. The van der Waals surface area contributed by atoms with Gasteiger partial charge in [0.25, 0.3) is 10.2 Å². The van der Waals surface area contributed by atoms with E-state index in [1.165, 1.54) is 4.31 Å². The number of hydrogen-bond donors (Lipinski definition) is 1. The molecule has 0 amide bonds. The fraction of sp³-hybridized carbons (Fsp3) is 0.364. The first kappa shape index (κ1) is 11.6. The quantitative estimate of drug-likeness (QED) is 0.831. The predicted octanol–water partition coefficient (Wildman–Crippen LogP) is 0.786. The number of fused-ring (bicyclic) bond motifs is 1. The molecule has 7 heteroatoms. The number of hydrogen-bond acceptors (Lipinski definition) is 4. The molecule has 1 aliphatic rings. The van der Waals surface area contributed by atoms with Crippen LogP contribution in [0.1, 0.15) is 11.5 Å². The highest BCUT2D eigenvalue weighted by Gasteiger charge is 2.31. The molecular weight excluding hydrogens is 254 g/mol. The van der Waals surface area contributed by atoms with Crippen LogP contribution in [0.3, 0.4) is 0 Å². The fourth-order valence-electron chi connectivity index (χ4n) is 1.75. The van der Waals surface area contributed by atoms with E-state index >= 15 is 0 Å². The molecule has 0 radical (unpaired) electrons. The first-order valence-corrected chi connectivity index (χ1v) is 7.09. The summed E-state index contributed by atoms with van der Waals surface area (Å²) in [5, 5.41) is 0. The van der Waals surface area contributed by atoms with Gasteiger partial charge in [0.1, 0.15) is 5.52 Å². The summed E-state index contributed by atoms with van der Waals surface area (Å²) in [5.41, 5.74) is 2.32. The zero-order valence-electron chi connectivity index (χ0n) is 9.88. The topological polar surface area (TPSA) is 75.2 Å². The Hall–Kier alpha value is -1.44. The Labute approximate surface area is 105 Å². The van der Waals surface area contributed by atoms with Crippen LogP contribution in [0, 0.1) is 6.92 Å². The van der Waals surface area contributed by atoms with Gasteiger partial charge in [-0.3, -0.25) is 0 Å². The van der Waals surface area contributed by atoms with Crippen molar-refractivity contribution in [2.75, 3.05) is 13.1 Å². The third-order valence-electron chi connectivity index (χ3n) is 2.76. The molecule has 1 aromatic heterocycles. The fourth-order valence-corrected chi connectivity index (χ4v) is 2.84. The highest BCUT2D eigenvalue weighted by atomic mass is 32.2. The molecule has 3 rings (SSSR count). The zero-order chi connectivity index (χ0) is 12.8. The van der Waals surface area contributed by atoms with Crippen molar-refractivity contribution in [2.24, 2.45) is 0 Å². The highest BCUT2D eigenvalue weighted by molar-refractivity contribution is 7.87. The Balaban J connectivity index is 1.78. The first-order chi connectivity index (χ1) is 8.54. The summed E-state index contributed by atoms with van der Waals surface area (Å²) in [5.74, 6) is 0.604. The van der Waals surface area contributed by atoms with Crippen LogP contribution in [-0.2, 0) is 16.8 Å². The molecule has 0 saturated carbocycles. The first-order valence-electron chi connectivity index (χ1n) is 5.65. The molecule has 2 aromatic rings. The van der Waals surface area contributed by atoms with E-state index in [1.54, 1.807) is 13.0 Å². The minimum absolute atomic E-state index is 0.265. The van der Waals surface area contributed by atoms with Crippen molar-refractivity contribution in [1.29, 1.82) is 0 Å². The summed E-state index contributed by atoms with van der Waals surface area (Å²) in [7, 11) is -3.29. The van der Waals surface area contributed by atoms with Crippen molar-refractivity contribution in [3.63, 3.8) is 0 Å². The van der Waals surface area contributed by atoms with E-state index in [4.69, 9.17) is 4.42 Å². The molecule has 1 N–H and O–H groups in total. The molecule has 2 heterocycles. The maximum Gasteiger partial charge on any atom is 0.279 e. The van der Waals surface area contributed by atoms with Crippen LogP contribution in [0.25, 0.3) is 11.1 Å². The second-order valence-electron chi connectivity index (χ2n) is 4.26. The molecule has 1 saturated heterocycles. The van der Waals surface area contributed by atoms with Gasteiger partial charge in [-0.1, -0.05) is 6.07 Å². The molecule has 0 unspecified atom stereocenters. The Morgan fingerprint density at radius 1 is 1.44 bits per heavy atom. The molecule has 0 spiro atoms. The van der Waals surface area contributed by atoms with E-state index in [1.807, 2.05) is 12.1 Å². The van der Waals surface area contributed by atoms with Crippen molar-refractivity contribution in [1.82, 2.24) is 14.0 Å². The molecule has 1 aliphatic heterocycles. The Morgan fingerprint density at radius 2 is 2.22 bits per heavy atom. The van der Waals surface area contributed by atoms with Crippen molar-refractivity contribution in [2.45, 2.75) is 13.5 Å². The maximum atomic E-state index is 11.6. The minimum Gasteiger partial charge on any atom is -0.441 e. The highest BCUT2D eigenvalue weighted by Crippen LogP contribution is 2.17. The number of benzene rings is 1. The second-order valence-corrected chi connectivity index (χ2v) is 6.02. The normalized spacial score (nSPS) is 16.3. The summed E-state index contributed by atoms with van der Waals surface area (Å²) in [6.07, 6.45) is 0. The molecule has 1 fully saturated rings. The van der Waals surface area contributed by atoms with Crippen LogP contribution in [-0.4, -0.2) is 30.8 Å². The van der Waals surface area contributed by atoms with Gasteiger partial charge in [-0.25, -0.2) is 4.98 Å². The van der Waals surface area contributed by atoms with Crippen LogP contribution in [0.5, 0.6) is 0 Å². The standard InChI is InChI=1S/C11H13N3O3S/c1-8-13-10-6-9(2-3-11(10)17-8)7-12-18(15,16)14-4-5-14/h2-3,6,12H,4-5,7H2,1H3. The van der Waals surface area contributed by atoms with Crippen LogP contribution >= 0.6 is 0 Å². The number of aryl methyl sites for hydroxylation is 1. The average Bonchev–Trinajstić information content (AvgIpc) is 3.09. The molecular formula is C11H13N3O3S. The lowest BCUT2D eigenvalue weighted by Crippen LogP contribution is -2.29. The Morgan fingerprint density at radius 3 is 2.94 bits per heavy atom. The average molecular weight is 267 g/mol. The third-order valence-corrected chi connectivity index (χ3v) is 4.32. The van der Waals surface area contributed by atoms with E-state index in [-0.39, 0.29) is 6.54 Å². The summed E-state index contributed by atoms with van der Waals surface area (Å²) in [6, 6.07) is 5.46. The van der Waals surface area contributed by atoms with Crippen molar-refractivity contribution < 1.29 is 12.8 Å². The predicted molar refractivity (Wildman–Crippen MR) is 66.1 cm³/mol. The lowest BCUT2D eigenvalue weighted by molar-refractivity contribution is 0.547. The summed E-state index contributed by atoms with van der Waals surface area (Å²) < 4.78 is 32.5. The Bertz CT molecular complexity index is 689.